The number of aliphatic hydroxyl groups excluding tert-OH is 1. The van der Waals surface area contributed by atoms with E-state index in [1.165, 1.54) is 0 Å². The lowest BCUT2D eigenvalue weighted by molar-refractivity contribution is 0.0562. The molecule has 2 rings (SSSR count). The Labute approximate surface area is 142 Å². The van der Waals surface area contributed by atoms with Crippen LogP contribution in [0.5, 0.6) is 0 Å². The molecule has 0 aliphatic heterocycles. The molecular formula is C17H32N2O3S. The minimum absolute atomic E-state index is 0.0595. The molecular weight excluding hydrogens is 312 g/mol. The van der Waals surface area contributed by atoms with Crippen LogP contribution in [-0.2, 0) is 10.8 Å². The second-order valence-electron chi connectivity index (χ2n) is 7.10. The number of amides is 2. The van der Waals surface area contributed by atoms with E-state index in [4.69, 9.17) is 0 Å². The third-order valence-corrected chi connectivity index (χ3v) is 7.07. The molecule has 0 aromatic carbocycles. The molecule has 2 aliphatic rings. The fourth-order valence-electron chi connectivity index (χ4n) is 3.87. The lowest BCUT2D eigenvalue weighted by Crippen LogP contribution is -2.48. The quantitative estimate of drug-likeness (QED) is 0.804. The Hall–Kier alpha value is -0.620. The third kappa shape index (κ3) is 5.45. The minimum atomic E-state index is -0.768. The van der Waals surface area contributed by atoms with Crippen molar-refractivity contribution in [2.24, 2.45) is 5.92 Å². The molecule has 23 heavy (non-hydrogen) atoms. The number of nitrogens with zero attached hydrogens (tertiary/aromatic N) is 1. The number of hydrogen-bond acceptors (Lipinski definition) is 3. The lowest BCUT2D eigenvalue weighted by atomic mass is 9.86. The Morgan fingerprint density at radius 2 is 1.96 bits per heavy atom. The third-order valence-electron chi connectivity index (χ3n) is 5.33. The summed E-state index contributed by atoms with van der Waals surface area (Å²) in [4.78, 5) is 14.1. The van der Waals surface area contributed by atoms with Crippen molar-refractivity contribution in [1.29, 1.82) is 0 Å². The van der Waals surface area contributed by atoms with Gasteiger partial charge in [0.25, 0.3) is 0 Å². The van der Waals surface area contributed by atoms with Crippen molar-refractivity contribution in [3.63, 3.8) is 0 Å². The minimum Gasteiger partial charge on any atom is -0.393 e. The van der Waals surface area contributed by atoms with Crippen molar-refractivity contribution in [3.8, 4) is 0 Å². The van der Waals surface area contributed by atoms with Gasteiger partial charge in [-0.1, -0.05) is 26.2 Å². The van der Waals surface area contributed by atoms with Crippen LogP contribution in [0.25, 0.3) is 0 Å². The van der Waals surface area contributed by atoms with Crippen LogP contribution in [-0.4, -0.2) is 57.0 Å². The number of rotatable bonds is 5. The molecule has 0 heterocycles. The summed E-state index contributed by atoms with van der Waals surface area (Å²) in [6.07, 6.45) is 7.66. The summed E-state index contributed by atoms with van der Waals surface area (Å²) in [6, 6.07) is 0.0752. The van der Waals surface area contributed by atoms with Gasteiger partial charge in [0.1, 0.15) is 0 Å². The number of aliphatic hydroxyl groups is 1. The average molecular weight is 345 g/mol. The van der Waals surface area contributed by atoms with E-state index in [1.807, 2.05) is 6.92 Å². The van der Waals surface area contributed by atoms with Crippen LogP contribution < -0.4 is 5.32 Å². The number of hydrogen-bond donors (Lipinski definition) is 2. The Kier molecular flexibility index (Phi) is 7.34. The Morgan fingerprint density at radius 1 is 1.22 bits per heavy atom. The predicted molar refractivity (Wildman–Crippen MR) is 93.9 cm³/mol. The molecule has 0 saturated heterocycles. The van der Waals surface area contributed by atoms with Gasteiger partial charge in [0.05, 0.1) is 6.10 Å². The van der Waals surface area contributed by atoms with Crippen LogP contribution in [0.2, 0.25) is 0 Å². The molecule has 5 nitrogen and oxygen atoms in total. The van der Waals surface area contributed by atoms with E-state index in [0.717, 1.165) is 51.4 Å². The van der Waals surface area contributed by atoms with E-state index in [2.05, 4.69) is 5.32 Å². The maximum Gasteiger partial charge on any atom is 0.317 e. The van der Waals surface area contributed by atoms with Gasteiger partial charge in [-0.05, 0) is 32.1 Å². The molecule has 0 spiro atoms. The first-order valence-corrected chi connectivity index (χ1v) is 10.5. The van der Waals surface area contributed by atoms with Crippen molar-refractivity contribution < 1.29 is 14.1 Å². The molecule has 5 atom stereocenters. The molecule has 0 bridgehead atoms. The molecule has 0 radical (unpaired) electrons. The molecule has 2 saturated carbocycles. The summed E-state index contributed by atoms with van der Waals surface area (Å²) >= 11 is 0. The van der Waals surface area contributed by atoms with Crippen LogP contribution in [0.3, 0.4) is 0 Å². The van der Waals surface area contributed by atoms with Gasteiger partial charge in [0.15, 0.2) is 0 Å². The highest BCUT2D eigenvalue weighted by Crippen LogP contribution is 2.25. The number of carbonyl (C=O) groups excluding carboxylic acids is 1. The van der Waals surface area contributed by atoms with Crippen molar-refractivity contribution in [2.45, 2.75) is 75.7 Å². The van der Waals surface area contributed by atoms with E-state index < -0.39 is 10.8 Å². The number of carbonyl (C=O) groups is 1. The second-order valence-corrected chi connectivity index (χ2v) is 9.10. The van der Waals surface area contributed by atoms with Crippen LogP contribution in [0, 0.1) is 5.92 Å². The van der Waals surface area contributed by atoms with Gasteiger partial charge in [-0.25, -0.2) is 4.79 Å². The van der Waals surface area contributed by atoms with Gasteiger partial charge < -0.3 is 15.3 Å². The maximum atomic E-state index is 12.4. The van der Waals surface area contributed by atoms with Crippen molar-refractivity contribution in [3.05, 3.63) is 0 Å². The van der Waals surface area contributed by atoms with E-state index in [9.17, 15) is 14.1 Å². The Balaban J connectivity index is 1.79. The molecule has 0 aromatic heterocycles. The number of nitrogens with one attached hydrogen (secondary N) is 1. The smallest absolute Gasteiger partial charge is 0.317 e. The molecule has 0 aromatic rings. The summed E-state index contributed by atoms with van der Waals surface area (Å²) in [6.45, 7) is 2.58. The van der Waals surface area contributed by atoms with Gasteiger partial charge in [-0.15, -0.1) is 0 Å². The fraction of sp³-hybridized carbons (Fsp3) is 0.941. The van der Waals surface area contributed by atoms with Crippen LogP contribution in [0.4, 0.5) is 4.79 Å². The first kappa shape index (κ1) is 18.7. The lowest BCUT2D eigenvalue weighted by Gasteiger charge is -2.33. The van der Waals surface area contributed by atoms with Gasteiger partial charge in [0, 0.05) is 47.4 Å². The van der Waals surface area contributed by atoms with Crippen molar-refractivity contribution in [1.82, 2.24) is 10.2 Å². The topological polar surface area (TPSA) is 69.6 Å². The summed E-state index contributed by atoms with van der Waals surface area (Å²) in [5.41, 5.74) is 0. The Bertz CT molecular complexity index is 419. The normalized spacial score (nSPS) is 33.0. The first-order valence-electron chi connectivity index (χ1n) is 9.08. The highest BCUT2D eigenvalue weighted by molar-refractivity contribution is 7.85. The van der Waals surface area contributed by atoms with E-state index in [-0.39, 0.29) is 29.3 Å². The molecule has 2 aliphatic carbocycles. The largest absolute Gasteiger partial charge is 0.393 e. The van der Waals surface area contributed by atoms with Gasteiger partial charge in [-0.3, -0.25) is 4.21 Å². The van der Waals surface area contributed by atoms with Gasteiger partial charge in [-0.2, -0.15) is 0 Å². The summed E-state index contributed by atoms with van der Waals surface area (Å²) in [5, 5.41) is 13.4. The molecule has 6 heteroatoms. The zero-order valence-corrected chi connectivity index (χ0v) is 15.3. The standard InChI is InChI=1S/C17H32N2O3S/c1-3-23(22)15-9-6-8-14(11-15)18-17(21)19(2)12-13-7-4-5-10-16(13)20/h13-16,20H,3-12H2,1-2H3,(H,18,21). The van der Waals surface area contributed by atoms with Crippen LogP contribution in [0.15, 0.2) is 0 Å². The highest BCUT2D eigenvalue weighted by Gasteiger charge is 2.29. The summed E-state index contributed by atoms with van der Waals surface area (Å²) in [7, 11) is 1.04. The SMILES string of the molecule is CCS(=O)C1CCCC(NC(=O)N(C)CC2CCCCC2O)C1. The number of urea groups is 1. The highest BCUT2D eigenvalue weighted by atomic mass is 32.2. The molecule has 5 unspecified atom stereocenters. The summed E-state index contributed by atoms with van der Waals surface area (Å²) in [5.74, 6) is 0.899. The van der Waals surface area contributed by atoms with Crippen molar-refractivity contribution in [2.75, 3.05) is 19.3 Å². The van der Waals surface area contributed by atoms with Crippen LogP contribution in [0.1, 0.15) is 58.3 Å². The molecule has 2 fully saturated rings. The molecule has 134 valence electrons. The van der Waals surface area contributed by atoms with E-state index in [0.29, 0.717) is 12.3 Å². The first-order chi connectivity index (χ1) is 11.0. The average Bonchev–Trinajstić information content (AvgIpc) is 2.56. The zero-order valence-electron chi connectivity index (χ0n) is 14.5. The maximum absolute atomic E-state index is 12.4. The van der Waals surface area contributed by atoms with Crippen LogP contribution >= 0.6 is 0 Å². The fourth-order valence-corrected chi connectivity index (χ4v) is 5.22. The monoisotopic (exact) mass is 344 g/mol. The predicted octanol–water partition coefficient (Wildman–Crippen LogP) is 2.26. The Morgan fingerprint density at radius 3 is 2.65 bits per heavy atom. The second kappa shape index (κ2) is 9.02. The van der Waals surface area contributed by atoms with Crippen molar-refractivity contribution >= 4 is 16.8 Å². The van der Waals surface area contributed by atoms with E-state index >= 15 is 0 Å². The summed E-state index contributed by atoms with van der Waals surface area (Å²) < 4.78 is 12.0. The zero-order chi connectivity index (χ0) is 16.8. The molecule has 2 amide bonds. The van der Waals surface area contributed by atoms with E-state index in [1.54, 1.807) is 11.9 Å². The van der Waals surface area contributed by atoms with Gasteiger partial charge in [0.2, 0.25) is 0 Å². The molecule has 2 N–H and O–H groups in total. The van der Waals surface area contributed by atoms with Gasteiger partial charge >= 0.3 is 6.03 Å².